The van der Waals surface area contributed by atoms with E-state index < -0.39 is 0 Å². The van der Waals surface area contributed by atoms with Crippen molar-refractivity contribution in [3.05, 3.63) is 29.8 Å². The summed E-state index contributed by atoms with van der Waals surface area (Å²) in [5.74, 6) is 0.690. The van der Waals surface area contributed by atoms with Gasteiger partial charge < -0.3 is 15.5 Å². The molecule has 0 radical (unpaired) electrons. The third kappa shape index (κ3) is 2.97. The van der Waals surface area contributed by atoms with Crippen molar-refractivity contribution in [2.75, 3.05) is 13.1 Å². The number of phenols is 1. The molecule has 1 saturated heterocycles. The first-order chi connectivity index (χ1) is 7.75. The maximum absolute atomic E-state index is 10.1. The van der Waals surface area contributed by atoms with E-state index in [-0.39, 0.29) is 11.9 Å². The molecule has 1 unspecified atom stereocenters. The van der Waals surface area contributed by atoms with Gasteiger partial charge in [-0.1, -0.05) is 12.1 Å². The fraction of sp³-hybridized carbons (Fsp3) is 0.538. The highest BCUT2D eigenvalue weighted by molar-refractivity contribution is 5.26. The monoisotopic (exact) mass is 221 g/mol. The molecule has 1 aromatic carbocycles. The molecule has 1 aliphatic heterocycles. The van der Waals surface area contributed by atoms with E-state index in [0.29, 0.717) is 12.3 Å². The summed E-state index contributed by atoms with van der Waals surface area (Å²) in [6, 6.07) is 7.09. The molecule has 1 aliphatic rings. The highest BCUT2D eigenvalue weighted by Crippen LogP contribution is 2.20. The van der Waals surface area contributed by atoms with Crippen molar-refractivity contribution in [1.82, 2.24) is 5.32 Å². The summed E-state index contributed by atoms with van der Waals surface area (Å²) in [5, 5.41) is 22.6. The number of phenolic OH excluding ortho intramolecular Hbond substituents is 1. The molecular weight excluding hydrogens is 202 g/mol. The quantitative estimate of drug-likeness (QED) is 0.721. The van der Waals surface area contributed by atoms with E-state index in [4.69, 9.17) is 5.11 Å². The van der Waals surface area contributed by atoms with E-state index in [0.717, 1.165) is 31.5 Å². The van der Waals surface area contributed by atoms with E-state index >= 15 is 0 Å². The van der Waals surface area contributed by atoms with Gasteiger partial charge in [0, 0.05) is 0 Å². The van der Waals surface area contributed by atoms with Crippen LogP contribution >= 0.6 is 0 Å². The first kappa shape index (κ1) is 11.4. The lowest BCUT2D eigenvalue weighted by Crippen LogP contribution is -2.34. The van der Waals surface area contributed by atoms with Gasteiger partial charge in [0.25, 0.3) is 0 Å². The van der Waals surface area contributed by atoms with Crippen LogP contribution in [0.2, 0.25) is 0 Å². The third-order valence-corrected chi connectivity index (χ3v) is 3.31. The SMILES string of the molecule is Oc1ccc(CC(O)C2CCNCC2)cc1. The Bertz CT molecular complexity index is 317. The van der Waals surface area contributed by atoms with E-state index in [1.165, 1.54) is 0 Å². The van der Waals surface area contributed by atoms with Crippen LogP contribution in [0.4, 0.5) is 0 Å². The van der Waals surface area contributed by atoms with Crippen LogP contribution in [0.3, 0.4) is 0 Å². The van der Waals surface area contributed by atoms with Gasteiger partial charge in [0.2, 0.25) is 0 Å². The van der Waals surface area contributed by atoms with Gasteiger partial charge in [0.05, 0.1) is 6.10 Å². The molecule has 0 aliphatic carbocycles. The Morgan fingerprint density at radius 2 is 1.81 bits per heavy atom. The Balaban J connectivity index is 1.90. The minimum absolute atomic E-state index is 0.258. The molecule has 3 heteroatoms. The van der Waals surface area contributed by atoms with Crippen molar-refractivity contribution in [2.45, 2.75) is 25.4 Å². The highest BCUT2D eigenvalue weighted by atomic mass is 16.3. The lowest BCUT2D eigenvalue weighted by Gasteiger charge is -2.27. The van der Waals surface area contributed by atoms with Gasteiger partial charge in [0.15, 0.2) is 0 Å². The van der Waals surface area contributed by atoms with Crippen LogP contribution in [0.5, 0.6) is 5.75 Å². The first-order valence-corrected chi connectivity index (χ1v) is 5.92. The van der Waals surface area contributed by atoms with Crippen LogP contribution in [0, 0.1) is 5.92 Å². The van der Waals surface area contributed by atoms with Crippen molar-refractivity contribution in [2.24, 2.45) is 5.92 Å². The van der Waals surface area contributed by atoms with Gasteiger partial charge in [-0.15, -0.1) is 0 Å². The van der Waals surface area contributed by atoms with Crippen molar-refractivity contribution in [3.63, 3.8) is 0 Å². The third-order valence-electron chi connectivity index (χ3n) is 3.31. The predicted octanol–water partition coefficient (Wildman–Crippen LogP) is 1.30. The Kier molecular flexibility index (Phi) is 3.80. The van der Waals surface area contributed by atoms with Gasteiger partial charge in [-0.2, -0.15) is 0 Å². The predicted molar refractivity (Wildman–Crippen MR) is 63.4 cm³/mol. The van der Waals surface area contributed by atoms with Crippen LogP contribution in [0.25, 0.3) is 0 Å². The Labute approximate surface area is 96.1 Å². The zero-order valence-electron chi connectivity index (χ0n) is 9.39. The molecule has 0 amide bonds. The number of hydrogen-bond donors (Lipinski definition) is 3. The molecule has 88 valence electrons. The number of rotatable bonds is 3. The smallest absolute Gasteiger partial charge is 0.115 e. The molecule has 1 fully saturated rings. The lowest BCUT2D eigenvalue weighted by molar-refractivity contribution is 0.0890. The number of piperidine rings is 1. The van der Waals surface area contributed by atoms with Crippen molar-refractivity contribution >= 4 is 0 Å². The number of benzene rings is 1. The zero-order valence-corrected chi connectivity index (χ0v) is 9.39. The van der Waals surface area contributed by atoms with Crippen LogP contribution in [0.15, 0.2) is 24.3 Å². The molecule has 1 heterocycles. The van der Waals surface area contributed by atoms with Gasteiger partial charge in [-0.3, -0.25) is 0 Å². The average Bonchev–Trinajstić information content (AvgIpc) is 2.33. The van der Waals surface area contributed by atoms with Gasteiger partial charge in [0.1, 0.15) is 5.75 Å². The number of nitrogens with one attached hydrogen (secondary N) is 1. The summed E-state index contributed by atoms with van der Waals surface area (Å²) in [7, 11) is 0. The zero-order chi connectivity index (χ0) is 11.4. The summed E-state index contributed by atoms with van der Waals surface area (Å²) in [5.41, 5.74) is 1.09. The summed E-state index contributed by atoms with van der Waals surface area (Å²) >= 11 is 0. The highest BCUT2D eigenvalue weighted by Gasteiger charge is 2.21. The maximum atomic E-state index is 10.1. The molecule has 3 N–H and O–H groups in total. The van der Waals surface area contributed by atoms with E-state index in [1.54, 1.807) is 12.1 Å². The second-order valence-corrected chi connectivity index (χ2v) is 4.53. The fourth-order valence-corrected chi connectivity index (χ4v) is 2.27. The van der Waals surface area contributed by atoms with E-state index in [1.807, 2.05) is 12.1 Å². The number of hydrogen-bond acceptors (Lipinski definition) is 3. The van der Waals surface area contributed by atoms with Crippen LogP contribution in [-0.4, -0.2) is 29.4 Å². The standard InChI is InChI=1S/C13H19NO2/c15-12-3-1-10(2-4-12)9-13(16)11-5-7-14-8-6-11/h1-4,11,13-16H,5-9H2. The van der Waals surface area contributed by atoms with E-state index in [9.17, 15) is 5.11 Å². The molecule has 0 aromatic heterocycles. The van der Waals surface area contributed by atoms with Gasteiger partial charge in [-0.25, -0.2) is 0 Å². The number of aliphatic hydroxyl groups excluding tert-OH is 1. The fourth-order valence-electron chi connectivity index (χ4n) is 2.27. The Morgan fingerprint density at radius 3 is 2.44 bits per heavy atom. The molecule has 2 rings (SSSR count). The second kappa shape index (κ2) is 5.32. The summed E-state index contributed by atoms with van der Waals surface area (Å²) < 4.78 is 0. The van der Waals surface area contributed by atoms with Crippen molar-refractivity contribution in [1.29, 1.82) is 0 Å². The summed E-state index contributed by atoms with van der Waals surface area (Å²) in [6.45, 7) is 2.02. The first-order valence-electron chi connectivity index (χ1n) is 5.92. The minimum Gasteiger partial charge on any atom is -0.508 e. The molecule has 1 aromatic rings. The van der Waals surface area contributed by atoms with Gasteiger partial charge in [-0.05, 0) is 56.0 Å². The second-order valence-electron chi connectivity index (χ2n) is 4.53. The molecule has 0 saturated carbocycles. The summed E-state index contributed by atoms with van der Waals surface area (Å²) in [6.07, 6.45) is 2.54. The normalized spacial score (nSPS) is 19.6. The molecule has 3 nitrogen and oxygen atoms in total. The molecule has 0 bridgehead atoms. The van der Waals surface area contributed by atoms with Crippen LogP contribution in [-0.2, 0) is 6.42 Å². The van der Waals surface area contributed by atoms with Gasteiger partial charge >= 0.3 is 0 Å². The Morgan fingerprint density at radius 1 is 1.19 bits per heavy atom. The maximum Gasteiger partial charge on any atom is 0.115 e. The van der Waals surface area contributed by atoms with Crippen molar-refractivity contribution < 1.29 is 10.2 Å². The molecule has 0 spiro atoms. The van der Waals surface area contributed by atoms with Crippen molar-refractivity contribution in [3.8, 4) is 5.75 Å². The topological polar surface area (TPSA) is 52.5 Å². The summed E-state index contributed by atoms with van der Waals surface area (Å²) in [4.78, 5) is 0. The lowest BCUT2D eigenvalue weighted by atomic mass is 9.89. The number of aliphatic hydroxyl groups is 1. The Hall–Kier alpha value is -1.06. The van der Waals surface area contributed by atoms with E-state index in [2.05, 4.69) is 5.32 Å². The number of aromatic hydroxyl groups is 1. The molecular formula is C13H19NO2. The van der Waals surface area contributed by atoms with Crippen LogP contribution in [0.1, 0.15) is 18.4 Å². The van der Waals surface area contributed by atoms with Crippen LogP contribution < -0.4 is 5.32 Å². The average molecular weight is 221 g/mol. The molecule has 16 heavy (non-hydrogen) atoms. The molecule has 1 atom stereocenters. The largest absolute Gasteiger partial charge is 0.508 e. The minimum atomic E-state index is -0.258.